The minimum atomic E-state index is -0.0680. The number of aromatic nitrogens is 1. The SMILES string of the molecule is CC(NC(=O)c1c(CN2CCN(CC(=O)N3CCCCC3)C(=O)C2)c(-c2cccs2)nc2ccccc12)C1CCCCC1. The molecule has 1 saturated carbocycles. The van der Waals surface area contributed by atoms with Crippen molar-refractivity contribution >= 4 is 40.0 Å². The van der Waals surface area contributed by atoms with Crippen LogP contribution in [0.4, 0.5) is 0 Å². The molecule has 3 aromatic rings. The summed E-state index contributed by atoms with van der Waals surface area (Å²) in [6.45, 7) is 5.64. The number of amides is 3. The van der Waals surface area contributed by atoms with Crippen molar-refractivity contribution < 1.29 is 14.4 Å². The molecule has 3 aliphatic rings. The predicted octanol–water partition coefficient (Wildman–Crippen LogP) is 5.32. The summed E-state index contributed by atoms with van der Waals surface area (Å²) < 4.78 is 0. The first kappa shape index (κ1) is 29.8. The first-order valence-electron chi connectivity index (χ1n) is 16.0. The molecule has 0 spiro atoms. The van der Waals surface area contributed by atoms with Gasteiger partial charge in [0.2, 0.25) is 11.8 Å². The molecule has 8 nitrogen and oxygen atoms in total. The van der Waals surface area contributed by atoms with E-state index in [0.29, 0.717) is 31.1 Å². The van der Waals surface area contributed by atoms with Crippen LogP contribution in [0, 0.1) is 5.92 Å². The highest BCUT2D eigenvalue weighted by atomic mass is 32.1. The third-order valence-electron chi connectivity index (χ3n) is 9.50. The summed E-state index contributed by atoms with van der Waals surface area (Å²) in [4.78, 5) is 52.2. The Balaban J connectivity index is 1.27. The van der Waals surface area contributed by atoms with Crippen molar-refractivity contribution in [3.8, 4) is 10.6 Å². The number of carbonyl (C=O) groups is 3. The summed E-state index contributed by atoms with van der Waals surface area (Å²) in [7, 11) is 0. The first-order valence-corrected chi connectivity index (χ1v) is 16.9. The number of para-hydroxylation sites is 1. The van der Waals surface area contributed by atoms with Gasteiger partial charge in [-0.15, -0.1) is 11.3 Å². The average Bonchev–Trinajstić information content (AvgIpc) is 3.58. The maximum absolute atomic E-state index is 14.2. The van der Waals surface area contributed by atoms with Gasteiger partial charge in [-0.2, -0.15) is 0 Å². The molecule has 1 atom stereocenters. The molecule has 4 heterocycles. The predicted molar refractivity (Wildman–Crippen MR) is 171 cm³/mol. The highest BCUT2D eigenvalue weighted by molar-refractivity contribution is 7.13. The van der Waals surface area contributed by atoms with Crippen molar-refractivity contribution in [2.75, 3.05) is 39.3 Å². The minimum Gasteiger partial charge on any atom is -0.349 e. The van der Waals surface area contributed by atoms with Gasteiger partial charge in [-0.3, -0.25) is 19.3 Å². The fourth-order valence-corrected chi connectivity index (χ4v) is 7.74. The molecule has 3 fully saturated rings. The van der Waals surface area contributed by atoms with Crippen LogP contribution in [0.2, 0.25) is 0 Å². The Bertz CT molecular complexity index is 1450. The van der Waals surface area contributed by atoms with Crippen molar-refractivity contribution in [3.63, 3.8) is 0 Å². The van der Waals surface area contributed by atoms with Crippen LogP contribution in [0.15, 0.2) is 41.8 Å². The lowest BCUT2D eigenvalue weighted by Gasteiger charge is -2.36. The fourth-order valence-electron chi connectivity index (χ4n) is 7.00. The van der Waals surface area contributed by atoms with E-state index in [2.05, 4.69) is 17.1 Å². The zero-order valence-electron chi connectivity index (χ0n) is 25.2. The van der Waals surface area contributed by atoms with E-state index in [1.807, 2.05) is 46.7 Å². The van der Waals surface area contributed by atoms with E-state index in [9.17, 15) is 14.4 Å². The van der Waals surface area contributed by atoms with Crippen molar-refractivity contribution in [3.05, 3.63) is 52.9 Å². The molecule has 9 heteroatoms. The number of nitrogens with one attached hydrogen (secondary N) is 1. The number of likely N-dealkylation sites (tertiary alicyclic amines) is 1. The van der Waals surface area contributed by atoms with Crippen LogP contribution < -0.4 is 5.32 Å². The number of thiophene rings is 1. The normalized spacial score (nSPS) is 19.5. The third-order valence-corrected chi connectivity index (χ3v) is 10.4. The van der Waals surface area contributed by atoms with E-state index in [1.165, 1.54) is 19.3 Å². The highest BCUT2D eigenvalue weighted by Gasteiger charge is 2.31. The van der Waals surface area contributed by atoms with Crippen molar-refractivity contribution in [2.45, 2.75) is 70.9 Å². The van der Waals surface area contributed by atoms with E-state index in [0.717, 1.165) is 72.2 Å². The largest absolute Gasteiger partial charge is 0.349 e. The Labute approximate surface area is 258 Å². The number of pyridine rings is 1. The van der Waals surface area contributed by atoms with Gasteiger partial charge >= 0.3 is 0 Å². The molecule has 0 radical (unpaired) electrons. The van der Waals surface area contributed by atoms with Crippen LogP contribution in [-0.4, -0.2) is 82.7 Å². The van der Waals surface area contributed by atoms with Gasteiger partial charge in [0.25, 0.3) is 5.91 Å². The topological polar surface area (TPSA) is 85.9 Å². The Kier molecular flexibility index (Phi) is 9.38. The number of hydrogen-bond acceptors (Lipinski definition) is 6. The summed E-state index contributed by atoms with van der Waals surface area (Å²) in [5, 5.41) is 6.24. The Morgan fingerprint density at radius 3 is 2.49 bits per heavy atom. The summed E-state index contributed by atoms with van der Waals surface area (Å²) in [5.74, 6) is 0.428. The second kappa shape index (κ2) is 13.6. The Morgan fingerprint density at radius 2 is 1.74 bits per heavy atom. The minimum absolute atomic E-state index is 0.0417. The first-order chi connectivity index (χ1) is 21.0. The number of hydrogen-bond donors (Lipinski definition) is 1. The van der Waals surface area contributed by atoms with Gasteiger partial charge in [-0.05, 0) is 62.5 Å². The van der Waals surface area contributed by atoms with Gasteiger partial charge in [0.05, 0.1) is 34.7 Å². The molecular formula is C34H43N5O3S. The monoisotopic (exact) mass is 601 g/mol. The van der Waals surface area contributed by atoms with Crippen molar-refractivity contribution in [1.82, 2.24) is 25.0 Å². The van der Waals surface area contributed by atoms with Crippen LogP contribution in [0.3, 0.4) is 0 Å². The molecule has 2 aromatic heterocycles. The molecule has 3 amide bonds. The van der Waals surface area contributed by atoms with Gasteiger partial charge in [0.1, 0.15) is 0 Å². The maximum atomic E-state index is 14.2. The molecule has 2 aliphatic heterocycles. The Hall–Kier alpha value is -3.30. The lowest BCUT2D eigenvalue weighted by atomic mass is 9.84. The average molecular weight is 602 g/mol. The maximum Gasteiger partial charge on any atom is 0.252 e. The van der Waals surface area contributed by atoms with Crippen LogP contribution in [0.25, 0.3) is 21.5 Å². The van der Waals surface area contributed by atoms with Gasteiger partial charge < -0.3 is 15.1 Å². The molecule has 1 unspecified atom stereocenters. The lowest BCUT2D eigenvalue weighted by Crippen LogP contribution is -2.53. The van der Waals surface area contributed by atoms with Crippen LogP contribution in [0.1, 0.15) is 74.2 Å². The quantitative estimate of drug-likeness (QED) is 0.378. The molecule has 0 bridgehead atoms. The van der Waals surface area contributed by atoms with Gasteiger partial charge in [0, 0.05) is 49.7 Å². The molecular weight excluding hydrogens is 558 g/mol. The fraction of sp³-hybridized carbons (Fsp3) is 0.529. The summed E-state index contributed by atoms with van der Waals surface area (Å²) >= 11 is 1.61. The standard InChI is InChI=1S/C34H43N5O3S/c1-24(25-11-4-2-5-12-25)35-34(42)32-26-13-6-7-14-28(26)36-33(29-15-10-20-43-29)27(32)21-37-18-19-39(30(40)22-37)23-31(41)38-16-8-3-9-17-38/h6-7,10,13-15,20,24-25H,2-5,8-9,11-12,16-19,21-23H2,1H3,(H,35,42). The van der Waals surface area contributed by atoms with Crippen LogP contribution in [0.5, 0.6) is 0 Å². The summed E-state index contributed by atoms with van der Waals surface area (Å²) in [5.41, 5.74) is 3.12. The van der Waals surface area contributed by atoms with Gasteiger partial charge in [-0.1, -0.05) is 43.5 Å². The molecule has 2 saturated heterocycles. The van der Waals surface area contributed by atoms with E-state index in [-0.39, 0.29) is 36.9 Å². The number of benzene rings is 1. The molecule has 1 aliphatic carbocycles. The number of rotatable bonds is 8. The van der Waals surface area contributed by atoms with E-state index < -0.39 is 0 Å². The van der Waals surface area contributed by atoms with Crippen molar-refractivity contribution in [2.24, 2.45) is 5.92 Å². The highest BCUT2D eigenvalue weighted by Crippen LogP contribution is 2.34. The number of nitrogens with zero attached hydrogens (tertiary/aromatic N) is 4. The van der Waals surface area contributed by atoms with Crippen LogP contribution in [-0.2, 0) is 16.1 Å². The number of fused-ring (bicyclic) bond motifs is 1. The summed E-state index contributed by atoms with van der Waals surface area (Å²) in [6.07, 6.45) is 9.26. The third kappa shape index (κ3) is 6.78. The summed E-state index contributed by atoms with van der Waals surface area (Å²) in [6, 6.07) is 12.0. The van der Waals surface area contributed by atoms with E-state index >= 15 is 0 Å². The second-order valence-electron chi connectivity index (χ2n) is 12.4. The number of piperazine rings is 1. The zero-order chi connectivity index (χ0) is 29.8. The van der Waals surface area contributed by atoms with Crippen LogP contribution >= 0.6 is 11.3 Å². The second-order valence-corrected chi connectivity index (χ2v) is 13.4. The Morgan fingerprint density at radius 1 is 0.977 bits per heavy atom. The molecule has 1 aromatic carbocycles. The number of carbonyl (C=O) groups excluding carboxylic acids is 3. The lowest BCUT2D eigenvalue weighted by molar-refractivity contribution is -0.144. The zero-order valence-corrected chi connectivity index (χ0v) is 26.0. The van der Waals surface area contributed by atoms with E-state index in [1.54, 1.807) is 16.2 Å². The molecule has 1 N–H and O–H groups in total. The molecule has 43 heavy (non-hydrogen) atoms. The van der Waals surface area contributed by atoms with Crippen molar-refractivity contribution in [1.29, 1.82) is 0 Å². The van der Waals surface area contributed by atoms with Gasteiger partial charge in [-0.25, -0.2) is 4.98 Å². The smallest absolute Gasteiger partial charge is 0.252 e. The molecule has 228 valence electrons. The van der Waals surface area contributed by atoms with E-state index in [4.69, 9.17) is 4.98 Å². The molecule has 6 rings (SSSR count). The van der Waals surface area contributed by atoms with Gasteiger partial charge in [0.15, 0.2) is 0 Å². The number of piperidine rings is 1.